The molecule has 2 N–H and O–H groups in total. The first-order valence-electron chi connectivity index (χ1n) is 10.4. The largest absolute Gasteiger partial charge is 0.321 e. The summed E-state index contributed by atoms with van der Waals surface area (Å²) in [6.45, 7) is 0. The lowest BCUT2D eigenvalue weighted by molar-refractivity contribution is 0.344. The highest BCUT2D eigenvalue weighted by atomic mass is 35.5. The number of aromatic nitrogens is 1. The normalized spacial score (nSPS) is 16.4. The molecule has 0 unspecified atom stereocenters. The molecule has 3 aromatic carbocycles. The van der Waals surface area contributed by atoms with Crippen LogP contribution in [0.2, 0.25) is 5.02 Å². The number of fused-ring (bicyclic) bond motifs is 1. The fourth-order valence-corrected chi connectivity index (χ4v) is 5.26. The zero-order chi connectivity index (χ0) is 24.0. The van der Waals surface area contributed by atoms with Gasteiger partial charge in [-0.2, -0.15) is 0 Å². The maximum atomic E-state index is 14.6. The molecule has 5 rings (SSSR count). The van der Waals surface area contributed by atoms with Gasteiger partial charge in [-0.05, 0) is 35.9 Å². The van der Waals surface area contributed by atoms with E-state index in [0.717, 1.165) is 16.2 Å². The Balaban J connectivity index is 1.81. The molecule has 1 aromatic heterocycles. The third kappa shape index (κ3) is 3.90. The smallest absolute Gasteiger partial charge is 0.258 e. The van der Waals surface area contributed by atoms with E-state index in [1.807, 2.05) is 30.3 Å². The molecular weight excluding hydrogens is 477 g/mol. The first kappa shape index (κ1) is 22.3. The molecule has 4 aromatic rings. The molecule has 0 aliphatic carbocycles. The average Bonchev–Trinajstić information content (AvgIpc) is 3.25. The Hall–Kier alpha value is -3.46. The van der Waals surface area contributed by atoms with Crippen LogP contribution in [0.3, 0.4) is 0 Å². The van der Waals surface area contributed by atoms with Gasteiger partial charge in [0, 0.05) is 27.1 Å². The summed E-state index contributed by atoms with van der Waals surface area (Å²) >= 11 is 6.28. The first-order chi connectivity index (χ1) is 16.2. The average molecular weight is 496 g/mol. The lowest BCUT2D eigenvalue weighted by Gasteiger charge is -2.23. The topological polar surface area (TPSA) is 82.3 Å². The molecule has 1 aliphatic heterocycles. The molecule has 0 spiro atoms. The van der Waals surface area contributed by atoms with E-state index in [1.165, 1.54) is 18.2 Å². The first-order valence-corrected chi connectivity index (χ1v) is 12.6. The Kier molecular flexibility index (Phi) is 5.51. The van der Waals surface area contributed by atoms with Crippen LogP contribution in [0.4, 0.5) is 4.39 Å². The number of benzene rings is 3. The summed E-state index contributed by atoms with van der Waals surface area (Å²) in [7, 11) is -3.83. The second-order valence-electron chi connectivity index (χ2n) is 7.98. The molecule has 0 radical (unpaired) electrons. The van der Waals surface area contributed by atoms with Crippen LogP contribution in [0.1, 0.15) is 17.2 Å². The van der Waals surface area contributed by atoms with Gasteiger partial charge in [-0.15, -0.1) is 4.41 Å². The summed E-state index contributed by atoms with van der Waals surface area (Å²) in [6, 6.07) is 19.4. The molecule has 34 heavy (non-hydrogen) atoms. The summed E-state index contributed by atoms with van der Waals surface area (Å²) in [5.41, 5.74) is 4.98. The molecule has 1 aliphatic rings. The molecular formula is C25H19ClFN3O3S. The lowest BCUT2D eigenvalue weighted by Crippen LogP contribution is -2.39. The standard InChI is InChI=1S/C25H19ClFN3O3S/c1-34(32,33)30-22(17-9-5-6-10-19(17)27)14-21(29-30)24-23(15-7-3-2-4-8-15)18-13-16(26)11-12-20(18)28-25(24)31/h2-14,22,29H,1H3,(H,28,31)/t22-/m1/s1. The monoisotopic (exact) mass is 495 g/mol. The van der Waals surface area contributed by atoms with Crippen molar-refractivity contribution in [1.82, 2.24) is 14.8 Å². The van der Waals surface area contributed by atoms with E-state index >= 15 is 0 Å². The highest BCUT2D eigenvalue weighted by Crippen LogP contribution is 2.38. The minimum atomic E-state index is -3.83. The molecule has 9 heteroatoms. The molecule has 0 fully saturated rings. The van der Waals surface area contributed by atoms with Crippen molar-refractivity contribution in [1.29, 1.82) is 0 Å². The fraction of sp³-hybridized carbons (Fsp3) is 0.0800. The van der Waals surface area contributed by atoms with E-state index in [1.54, 1.807) is 30.3 Å². The van der Waals surface area contributed by atoms with Gasteiger partial charge < -0.3 is 10.4 Å². The summed E-state index contributed by atoms with van der Waals surface area (Å²) in [6.07, 6.45) is 2.57. The van der Waals surface area contributed by atoms with Crippen molar-refractivity contribution >= 4 is 38.2 Å². The second kappa shape index (κ2) is 8.39. The van der Waals surface area contributed by atoms with Crippen LogP contribution < -0.4 is 11.0 Å². The van der Waals surface area contributed by atoms with Crippen LogP contribution in [0.5, 0.6) is 0 Å². The number of H-pyrrole nitrogens is 1. The number of hydrogen-bond donors (Lipinski definition) is 2. The van der Waals surface area contributed by atoms with Crippen LogP contribution in [-0.2, 0) is 10.0 Å². The number of rotatable bonds is 4. The van der Waals surface area contributed by atoms with E-state index < -0.39 is 27.4 Å². The Morgan fingerprint density at radius 2 is 1.68 bits per heavy atom. The maximum absolute atomic E-state index is 14.6. The van der Waals surface area contributed by atoms with Crippen LogP contribution in [0.25, 0.3) is 27.7 Å². The zero-order valence-corrected chi connectivity index (χ0v) is 19.5. The van der Waals surface area contributed by atoms with E-state index in [4.69, 9.17) is 11.6 Å². The highest BCUT2D eigenvalue weighted by molar-refractivity contribution is 7.88. The Bertz CT molecular complexity index is 1620. The zero-order valence-electron chi connectivity index (χ0n) is 17.9. The van der Waals surface area contributed by atoms with Crippen LogP contribution in [0, 0.1) is 5.82 Å². The van der Waals surface area contributed by atoms with Crippen molar-refractivity contribution in [3.05, 3.63) is 111 Å². The van der Waals surface area contributed by atoms with Crippen molar-refractivity contribution in [2.45, 2.75) is 6.04 Å². The minimum absolute atomic E-state index is 0.164. The quantitative estimate of drug-likeness (QED) is 0.424. The van der Waals surface area contributed by atoms with Gasteiger partial charge in [-0.25, -0.2) is 12.8 Å². The van der Waals surface area contributed by atoms with Gasteiger partial charge in [0.25, 0.3) is 5.56 Å². The summed E-state index contributed by atoms with van der Waals surface area (Å²) < 4.78 is 40.8. The molecule has 2 heterocycles. The molecule has 0 saturated carbocycles. The number of nitrogens with zero attached hydrogens (tertiary/aromatic N) is 1. The van der Waals surface area contributed by atoms with Crippen molar-refractivity contribution in [3.8, 4) is 11.1 Å². The van der Waals surface area contributed by atoms with Gasteiger partial charge in [0.15, 0.2) is 0 Å². The number of hydrazine groups is 1. The number of nitrogens with one attached hydrogen (secondary N) is 2. The van der Waals surface area contributed by atoms with Gasteiger partial charge in [-0.1, -0.05) is 60.1 Å². The number of pyridine rings is 1. The van der Waals surface area contributed by atoms with E-state index in [2.05, 4.69) is 10.4 Å². The lowest BCUT2D eigenvalue weighted by atomic mass is 9.94. The SMILES string of the molecule is CS(=O)(=O)N1NC(c2c(-c3ccccc3)c3cc(Cl)ccc3[nH]c2=O)=C[C@@H]1c1ccccc1F. The maximum Gasteiger partial charge on any atom is 0.258 e. The third-order valence-electron chi connectivity index (χ3n) is 5.70. The third-order valence-corrected chi connectivity index (χ3v) is 6.97. The molecule has 0 saturated heterocycles. The van der Waals surface area contributed by atoms with Crippen molar-refractivity contribution in [2.24, 2.45) is 0 Å². The molecule has 0 amide bonds. The summed E-state index contributed by atoms with van der Waals surface area (Å²) in [5.74, 6) is -0.553. The second-order valence-corrected chi connectivity index (χ2v) is 10.3. The fourth-order valence-electron chi connectivity index (χ4n) is 4.24. The van der Waals surface area contributed by atoms with E-state index in [-0.39, 0.29) is 16.8 Å². The predicted octanol–water partition coefficient (Wildman–Crippen LogP) is 4.85. The van der Waals surface area contributed by atoms with E-state index in [9.17, 15) is 17.6 Å². The highest BCUT2D eigenvalue weighted by Gasteiger charge is 2.36. The van der Waals surface area contributed by atoms with Gasteiger partial charge in [0.2, 0.25) is 10.0 Å². The Morgan fingerprint density at radius 3 is 2.38 bits per heavy atom. The number of halogens is 2. The van der Waals surface area contributed by atoms with Gasteiger partial charge in [0.1, 0.15) is 5.82 Å². The van der Waals surface area contributed by atoms with Gasteiger partial charge in [0.05, 0.1) is 23.6 Å². The minimum Gasteiger partial charge on any atom is -0.321 e. The predicted molar refractivity (Wildman–Crippen MR) is 132 cm³/mol. The molecule has 172 valence electrons. The van der Waals surface area contributed by atoms with Crippen molar-refractivity contribution in [3.63, 3.8) is 0 Å². The van der Waals surface area contributed by atoms with Crippen LogP contribution in [0.15, 0.2) is 83.7 Å². The number of hydrogen-bond acceptors (Lipinski definition) is 4. The number of sulfonamides is 1. The summed E-state index contributed by atoms with van der Waals surface area (Å²) in [5, 5.41) is 1.18. The molecule has 0 bridgehead atoms. The van der Waals surface area contributed by atoms with Crippen molar-refractivity contribution in [2.75, 3.05) is 6.26 Å². The summed E-state index contributed by atoms with van der Waals surface area (Å²) in [4.78, 5) is 16.2. The molecule has 1 atom stereocenters. The van der Waals surface area contributed by atoms with Gasteiger partial charge >= 0.3 is 0 Å². The van der Waals surface area contributed by atoms with Crippen molar-refractivity contribution < 1.29 is 12.8 Å². The van der Waals surface area contributed by atoms with Crippen LogP contribution >= 0.6 is 11.6 Å². The Morgan fingerprint density at radius 1 is 0.971 bits per heavy atom. The molecule has 6 nitrogen and oxygen atoms in total. The van der Waals surface area contributed by atoms with Gasteiger partial charge in [-0.3, -0.25) is 4.79 Å². The number of aromatic amines is 1. The van der Waals surface area contributed by atoms with E-state index in [0.29, 0.717) is 21.5 Å². The van der Waals surface area contributed by atoms with Crippen LogP contribution in [-0.4, -0.2) is 24.1 Å². The Labute approximate surface area is 200 Å².